The maximum absolute atomic E-state index is 6.16. The van der Waals surface area contributed by atoms with Crippen LogP contribution in [0.25, 0.3) is 0 Å². The summed E-state index contributed by atoms with van der Waals surface area (Å²) in [6.07, 6.45) is 1.72. The Hall–Kier alpha value is -1.63. The summed E-state index contributed by atoms with van der Waals surface area (Å²) < 4.78 is 2.80. The van der Waals surface area contributed by atoms with Crippen LogP contribution in [-0.4, -0.2) is 21.1 Å². The summed E-state index contributed by atoms with van der Waals surface area (Å²) in [7, 11) is 0. The highest BCUT2D eigenvalue weighted by Gasteiger charge is 2.09. The van der Waals surface area contributed by atoms with Crippen molar-refractivity contribution in [3.63, 3.8) is 0 Å². The molecule has 4 nitrogen and oxygen atoms in total. The van der Waals surface area contributed by atoms with Crippen molar-refractivity contribution < 1.29 is 0 Å². The summed E-state index contributed by atoms with van der Waals surface area (Å²) in [5.41, 5.74) is 2.07. The molecule has 0 aliphatic heterocycles. The Bertz CT molecular complexity index is 861. The number of aromatic nitrogens is 3. The summed E-state index contributed by atoms with van der Waals surface area (Å²) >= 11 is 11.2. The van der Waals surface area contributed by atoms with E-state index in [2.05, 4.69) is 43.4 Å². The monoisotopic (exact) mass is 420 g/mol. The Morgan fingerprint density at radius 1 is 1.17 bits per heavy atom. The first-order valence-electron chi connectivity index (χ1n) is 7.21. The number of hydrogen-bond acceptors (Lipinski definition) is 4. The fraction of sp³-hybridized carbons (Fsp3) is 0.118. The van der Waals surface area contributed by atoms with E-state index in [4.69, 9.17) is 11.6 Å². The van der Waals surface area contributed by atoms with Crippen molar-refractivity contribution >= 4 is 45.5 Å². The molecule has 0 spiro atoms. The van der Waals surface area contributed by atoms with E-state index in [-0.39, 0.29) is 0 Å². The van der Waals surface area contributed by atoms with Crippen molar-refractivity contribution in [2.24, 2.45) is 5.10 Å². The third-order valence-corrected chi connectivity index (χ3v) is 5.13. The van der Waals surface area contributed by atoms with Gasteiger partial charge in [0.2, 0.25) is 5.16 Å². The van der Waals surface area contributed by atoms with Gasteiger partial charge >= 0.3 is 0 Å². The predicted molar refractivity (Wildman–Crippen MR) is 103 cm³/mol. The van der Waals surface area contributed by atoms with Gasteiger partial charge in [-0.25, -0.2) is 0 Å². The SMILES string of the molecule is Cc1nnc(SCc2ccc(Br)cc2)n1/N=C/c1ccccc1Cl. The van der Waals surface area contributed by atoms with Crippen LogP contribution in [0.4, 0.5) is 0 Å². The van der Waals surface area contributed by atoms with Crippen molar-refractivity contribution in [1.29, 1.82) is 0 Å². The largest absolute Gasteiger partial charge is 0.212 e. The zero-order chi connectivity index (χ0) is 16.9. The summed E-state index contributed by atoms with van der Waals surface area (Å²) in [5.74, 6) is 1.53. The molecule has 0 atom stereocenters. The molecule has 0 aliphatic carbocycles. The summed E-state index contributed by atoms with van der Waals surface area (Å²) in [6.45, 7) is 1.88. The third kappa shape index (κ3) is 4.26. The first kappa shape index (κ1) is 17.2. The van der Waals surface area contributed by atoms with Gasteiger partial charge in [-0.15, -0.1) is 10.2 Å². The molecule has 122 valence electrons. The van der Waals surface area contributed by atoms with Crippen LogP contribution in [0.5, 0.6) is 0 Å². The molecule has 0 aliphatic rings. The van der Waals surface area contributed by atoms with Gasteiger partial charge in [-0.1, -0.05) is 69.6 Å². The van der Waals surface area contributed by atoms with Gasteiger partial charge < -0.3 is 0 Å². The normalized spacial score (nSPS) is 11.3. The number of rotatable bonds is 5. The van der Waals surface area contributed by atoms with Crippen LogP contribution in [0.2, 0.25) is 5.02 Å². The average Bonchev–Trinajstić information content (AvgIpc) is 2.94. The molecule has 0 saturated heterocycles. The lowest BCUT2D eigenvalue weighted by molar-refractivity contribution is 0.744. The lowest BCUT2D eigenvalue weighted by atomic mass is 10.2. The zero-order valence-corrected chi connectivity index (χ0v) is 16.0. The number of halogens is 2. The van der Waals surface area contributed by atoms with Gasteiger partial charge in [0.1, 0.15) is 0 Å². The Morgan fingerprint density at radius 3 is 2.67 bits per heavy atom. The smallest absolute Gasteiger partial charge is 0.192 e. The van der Waals surface area contributed by atoms with Crippen molar-refractivity contribution in [3.8, 4) is 0 Å². The molecule has 0 radical (unpaired) electrons. The molecular weight excluding hydrogens is 408 g/mol. The highest BCUT2D eigenvalue weighted by Crippen LogP contribution is 2.23. The van der Waals surface area contributed by atoms with Crippen molar-refractivity contribution in [2.45, 2.75) is 17.8 Å². The fourth-order valence-electron chi connectivity index (χ4n) is 1.99. The second-order valence-electron chi connectivity index (χ2n) is 5.02. The highest BCUT2D eigenvalue weighted by molar-refractivity contribution is 9.10. The molecule has 0 N–H and O–H groups in total. The summed E-state index contributed by atoms with van der Waals surface area (Å²) in [5, 5.41) is 14.2. The highest BCUT2D eigenvalue weighted by atomic mass is 79.9. The molecule has 0 saturated carbocycles. The minimum absolute atomic E-state index is 0.663. The lowest BCUT2D eigenvalue weighted by Gasteiger charge is -2.03. The second-order valence-corrected chi connectivity index (χ2v) is 7.29. The third-order valence-electron chi connectivity index (χ3n) is 3.27. The molecule has 1 heterocycles. The topological polar surface area (TPSA) is 43.1 Å². The number of hydrogen-bond donors (Lipinski definition) is 0. The molecule has 1 aromatic heterocycles. The van der Waals surface area contributed by atoms with E-state index in [0.717, 1.165) is 26.8 Å². The molecule has 24 heavy (non-hydrogen) atoms. The van der Waals surface area contributed by atoms with Crippen molar-refractivity contribution in [3.05, 3.63) is 75.0 Å². The van der Waals surface area contributed by atoms with Crippen molar-refractivity contribution in [2.75, 3.05) is 0 Å². The standard InChI is InChI=1S/C17H14BrClN4S/c1-12-21-22-17(24-11-13-6-8-15(18)9-7-13)23(12)20-10-14-4-2-3-5-16(14)19/h2-10H,11H2,1H3/b20-10+. The Morgan fingerprint density at radius 2 is 1.92 bits per heavy atom. The summed E-state index contributed by atoms with van der Waals surface area (Å²) in [6, 6.07) is 15.8. The maximum Gasteiger partial charge on any atom is 0.212 e. The average molecular weight is 422 g/mol. The molecular formula is C17H14BrClN4S. The van der Waals surface area contributed by atoms with E-state index in [1.54, 1.807) is 22.7 Å². The van der Waals surface area contributed by atoms with Crippen LogP contribution in [-0.2, 0) is 5.75 Å². The Balaban J connectivity index is 1.76. The van der Waals surface area contributed by atoms with Crippen LogP contribution in [0.3, 0.4) is 0 Å². The van der Waals surface area contributed by atoms with Gasteiger partial charge in [0.05, 0.1) is 6.21 Å². The number of aryl methyl sites for hydroxylation is 1. The van der Waals surface area contributed by atoms with Gasteiger partial charge in [0.15, 0.2) is 5.82 Å². The van der Waals surface area contributed by atoms with Crippen LogP contribution in [0, 0.1) is 6.92 Å². The summed E-state index contributed by atoms with van der Waals surface area (Å²) in [4.78, 5) is 0. The van der Waals surface area contributed by atoms with Crippen LogP contribution in [0.1, 0.15) is 17.0 Å². The van der Waals surface area contributed by atoms with Crippen molar-refractivity contribution in [1.82, 2.24) is 14.9 Å². The molecule has 0 bridgehead atoms. The minimum Gasteiger partial charge on any atom is -0.192 e. The van der Waals surface area contributed by atoms with Crippen LogP contribution >= 0.6 is 39.3 Å². The number of benzene rings is 2. The van der Waals surface area contributed by atoms with E-state index < -0.39 is 0 Å². The van der Waals surface area contributed by atoms with Gasteiger partial charge in [-0.2, -0.15) is 9.78 Å². The predicted octanol–water partition coefficient (Wildman–Crippen LogP) is 5.18. The van der Waals surface area contributed by atoms with Gasteiger partial charge in [-0.3, -0.25) is 0 Å². The zero-order valence-electron chi connectivity index (χ0n) is 12.9. The first-order valence-corrected chi connectivity index (χ1v) is 9.37. The first-order chi connectivity index (χ1) is 11.6. The molecule has 3 aromatic rings. The van der Waals surface area contributed by atoms with Crippen LogP contribution < -0.4 is 0 Å². The maximum atomic E-state index is 6.16. The molecule has 0 unspecified atom stereocenters. The molecule has 3 rings (SSSR count). The van der Waals surface area contributed by atoms with E-state index in [1.165, 1.54) is 5.56 Å². The number of thioether (sulfide) groups is 1. The number of nitrogens with zero attached hydrogens (tertiary/aromatic N) is 4. The fourth-order valence-corrected chi connectivity index (χ4v) is 3.33. The Labute approximate surface area is 158 Å². The molecule has 7 heteroatoms. The molecule has 0 fully saturated rings. The van der Waals surface area contributed by atoms with Gasteiger partial charge in [-0.05, 0) is 30.7 Å². The molecule has 2 aromatic carbocycles. The van der Waals surface area contributed by atoms with Gasteiger partial charge in [0.25, 0.3) is 0 Å². The van der Waals surface area contributed by atoms with E-state index in [1.807, 2.05) is 43.3 Å². The lowest BCUT2D eigenvalue weighted by Crippen LogP contribution is -1.96. The minimum atomic E-state index is 0.663. The van der Waals surface area contributed by atoms with Gasteiger partial charge in [0, 0.05) is 20.8 Å². The Kier molecular flexibility index (Phi) is 5.71. The van der Waals surface area contributed by atoms with Crippen LogP contribution in [0.15, 0.2) is 63.3 Å². The quantitative estimate of drug-likeness (QED) is 0.421. The van der Waals surface area contributed by atoms with E-state index in [9.17, 15) is 0 Å². The van der Waals surface area contributed by atoms with E-state index in [0.29, 0.717) is 5.02 Å². The van der Waals surface area contributed by atoms with E-state index >= 15 is 0 Å². The second kappa shape index (κ2) is 7.96. The molecule has 0 amide bonds.